The largest absolute Gasteiger partial charge is 0.381 e. The van der Waals surface area contributed by atoms with Gasteiger partial charge in [-0.3, -0.25) is 0 Å². The van der Waals surface area contributed by atoms with Gasteiger partial charge in [0.1, 0.15) is 0 Å². The van der Waals surface area contributed by atoms with Crippen LogP contribution in [0.2, 0.25) is 0 Å². The van der Waals surface area contributed by atoms with E-state index < -0.39 is 0 Å². The zero-order valence-electron chi connectivity index (χ0n) is 10.1. The molecule has 0 aliphatic carbocycles. The molecule has 0 bridgehead atoms. The molecule has 2 heterocycles. The van der Waals surface area contributed by atoms with E-state index in [-0.39, 0.29) is 11.5 Å². The van der Waals surface area contributed by atoms with E-state index in [1.165, 1.54) is 11.5 Å². The third-order valence-electron chi connectivity index (χ3n) is 3.00. The molecule has 0 radical (unpaired) electrons. The molecule has 1 aliphatic heterocycles. The molecule has 0 amide bonds. The van der Waals surface area contributed by atoms with Crippen LogP contribution in [-0.2, 0) is 10.2 Å². The minimum absolute atomic E-state index is 0.0133. The standard InChI is InChI=1S/C11H19N3OS/c1-11(2,3)10-9(16-14-13-10)8(12)7-4-5-15-6-7/h7-8H,4-6,12H2,1-3H3. The van der Waals surface area contributed by atoms with Crippen LogP contribution in [0.15, 0.2) is 0 Å². The fourth-order valence-corrected chi connectivity index (χ4v) is 2.94. The summed E-state index contributed by atoms with van der Waals surface area (Å²) in [6.07, 6.45) is 1.04. The van der Waals surface area contributed by atoms with Gasteiger partial charge in [-0.2, -0.15) is 0 Å². The second kappa shape index (κ2) is 4.39. The van der Waals surface area contributed by atoms with Crippen LogP contribution in [0, 0.1) is 5.92 Å². The molecule has 90 valence electrons. The van der Waals surface area contributed by atoms with Crippen LogP contribution in [0.1, 0.15) is 43.8 Å². The Balaban J connectivity index is 2.23. The number of nitrogens with zero attached hydrogens (tertiary/aromatic N) is 2. The lowest BCUT2D eigenvalue weighted by Crippen LogP contribution is -2.25. The van der Waals surface area contributed by atoms with Gasteiger partial charge in [-0.15, -0.1) is 5.10 Å². The lowest BCUT2D eigenvalue weighted by atomic mass is 9.87. The molecule has 4 nitrogen and oxygen atoms in total. The Kier molecular flexibility index (Phi) is 3.28. The van der Waals surface area contributed by atoms with Gasteiger partial charge in [0.25, 0.3) is 0 Å². The second-order valence-corrected chi connectivity index (χ2v) is 6.17. The molecule has 0 spiro atoms. The Morgan fingerprint density at radius 1 is 1.50 bits per heavy atom. The number of ether oxygens (including phenoxy) is 1. The van der Waals surface area contributed by atoms with Crippen molar-refractivity contribution in [2.24, 2.45) is 11.7 Å². The van der Waals surface area contributed by atoms with E-state index in [1.807, 2.05) is 0 Å². The predicted octanol–water partition coefficient (Wildman–Crippen LogP) is 1.87. The van der Waals surface area contributed by atoms with Crippen molar-refractivity contribution < 1.29 is 4.74 Å². The molecule has 1 aromatic heterocycles. The Morgan fingerprint density at radius 2 is 2.25 bits per heavy atom. The highest BCUT2D eigenvalue weighted by Gasteiger charge is 2.31. The van der Waals surface area contributed by atoms with Crippen LogP contribution in [0.3, 0.4) is 0 Å². The van der Waals surface area contributed by atoms with Crippen molar-refractivity contribution in [3.8, 4) is 0 Å². The summed E-state index contributed by atoms with van der Waals surface area (Å²) in [6, 6.07) is 0.0247. The van der Waals surface area contributed by atoms with E-state index in [9.17, 15) is 0 Å². The van der Waals surface area contributed by atoms with Crippen LogP contribution in [0.25, 0.3) is 0 Å². The number of rotatable bonds is 2. The zero-order chi connectivity index (χ0) is 11.8. The quantitative estimate of drug-likeness (QED) is 0.858. The number of aromatic nitrogens is 2. The van der Waals surface area contributed by atoms with Crippen LogP contribution in [0.4, 0.5) is 0 Å². The fraction of sp³-hybridized carbons (Fsp3) is 0.818. The van der Waals surface area contributed by atoms with E-state index in [0.29, 0.717) is 5.92 Å². The number of hydrogen-bond donors (Lipinski definition) is 1. The Labute approximate surface area is 100 Å². The van der Waals surface area contributed by atoms with Gasteiger partial charge in [0.05, 0.1) is 17.2 Å². The predicted molar refractivity (Wildman–Crippen MR) is 64.5 cm³/mol. The summed E-state index contributed by atoms with van der Waals surface area (Å²) >= 11 is 1.43. The Hall–Kier alpha value is -0.520. The first-order valence-electron chi connectivity index (χ1n) is 5.66. The zero-order valence-corrected chi connectivity index (χ0v) is 10.9. The average molecular weight is 241 g/mol. The van der Waals surface area contributed by atoms with Gasteiger partial charge in [-0.05, 0) is 18.0 Å². The van der Waals surface area contributed by atoms with Gasteiger partial charge >= 0.3 is 0 Å². The summed E-state index contributed by atoms with van der Waals surface area (Å²) in [5.74, 6) is 0.420. The molecule has 2 atom stereocenters. The van der Waals surface area contributed by atoms with Crippen molar-refractivity contribution >= 4 is 11.5 Å². The van der Waals surface area contributed by atoms with Gasteiger partial charge in [0, 0.05) is 24.0 Å². The molecule has 1 fully saturated rings. The number of nitrogens with two attached hydrogens (primary N) is 1. The molecule has 1 saturated heterocycles. The Morgan fingerprint density at radius 3 is 2.81 bits per heavy atom. The molecule has 2 rings (SSSR count). The van der Waals surface area contributed by atoms with Crippen molar-refractivity contribution in [3.63, 3.8) is 0 Å². The number of hydrogen-bond acceptors (Lipinski definition) is 5. The van der Waals surface area contributed by atoms with Crippen LogP contribution in [0.5, 0.6) is 0 Å². The third kappa shape index (κ3) is 2.26. The van der Waals surface area contributed by atoms with Crippen LogP contribution in [-0.4, -0.2) is 22.8 Å². The second-order valence-electron chi connectivity index (χ2n) is 5.39. The summed E-state index contributed by atoms with van der Waals surface area (Å²) < 4.78 is 9.44. The van der Waals surface area contributed by atoms with Gasteiger partial charge in [0.15, 0.2) is 0 Å². The van der Waals surface area contributed by atoms with E-state index in [2.05, 4.69) is 30.4 Å². The highest BCUT2D eigenvalue weighted by Crippen LogP contribution is 2.34. The maximum Gasteiger partial charge on any atom is 0.0857 e. The van der Waals surface area contributed by atoms with Crippen molar-refractivity contribution in [3.05, 3.63) is 10.6 Å². The summed E-state index contributed by atoms with van der Waals surface area (Å²) in [6.45, 7) is 8.03. The summed E-state index contributed by atoms with van der Waals surface area (Å²) in [7, 11) is 0. The molecule has 0 saturated carbocycles. The van der Waals surface area contributed by atoms with Crippen molar-refractivity contribution in [1.82, 2.24) is 9.59 Å². The van der Waals surface area contributed by atoms with E-state index in [1.54, 1.807) is 0 Å². The fourth-order valence-electron chi connectivity index (χ4n) is 1.99. The molecule has 2 unspecified atom stereocenters. The highest BCUT2D eigenvalue weighted by atomic mass is 32.1. The average Bonchev–Trinajstić information content (AvgIpc) is 2.87. The summed E-state index contributed by atoms with van der Waals surface area (Å²) in [4.78, 5) is 1.13. The highest BCUT2D eigenvalue weighted by molar-refractivity contribution is 7.05. The molecule has 5 heteroatoms. The van der Waals surface area contributed by atoms with Gasteiger partial charge in [0.2, 0.25) is 0 Å². The van der Waals surface area contributed by atoms with Gasteiger partial charge in [-0.25, -0.2) is 0 Å². The minimum atomic E-state index is 0.0133. The van der Waals surface area contributed by atoms with Crippen molar-refractivity contribution in [1.29, 1.82) is 0 Å². The lowest BCUT2D eigenvalue weighted by Gasteiger charge is -2.22. The third-order valence-corrected chi connectivity index (χ3v) is 3.82. The monoisotopic (exact) mass is 241 g/mol. The summed E-state index contributed by atoms with van der Waals surface area (Å²) in [5, 5.41) is 4.23. The lowest BCUT2D eigenvalue weighted by molar-refractivity contribution is 0.181. The van der Waals surface area contributed by atoms with Crippen molar-refractivity contribution in [2.45, 2.75) is 38.6 Å². The molecule has 1 aromatic rings. The molecular weight excluding hydrogens is 222 g/mol. The minimum Gasteiger partial charge on any atom is -0.381 e. The molecule has 2 N–H and O–H groups in total. The first-order valence-corrected chi connectivity index (χ1v) is 6.43. The SMILES string of the molecule is CC(C)(C)c1nnsc1C(N)C1CCOC1. The van der Waals surface area contributed by atoms with E-state index in [0.717, 1.165) is 30.2 Å². The maximum atomic E-state index is 6.29. The molecule has 16 heavy (non-hydrogen) atoms. The molecule has 0 aromatic carbocycles. The topological polar surface area (TPSA) is 61.0 Å². The van der Waals surface area contributed by atoms with E-state index >= 15 is 0 Å². The van der Waals surface area contributed by atoms with E-state index in [4.69, 9.17) is 10.5 Å². The maximum absolute atomic E-state index is 6.29. The first kappa shape index (κ1) is 12.0. The normalized spacial score (nSPS) is 23.6. The first-order chi connectivity index (χ1) is 7.50. The summed E-state index contributed by atoms with van der Waals surface area (Å²) in [5.41, 5.74) is 7.34. The van der Waals surface area contributed by atoms with Crippen molar-refractivity contribution in [2.75, 3.05) is 13.2 Å². The van der Waals surface area contributed by atoms with Gasteiger partial charge in [-0.1, -0.05) is 25.3 Å². The molecular formula is C11H19N3OS. The molecule has 1 aliphatic rings. The van der Waals surface area contributed by atoms with Gasteiger partial charge < -0.3 is 10.5 Å². The van der Waals surface area contributed by atoms with Crippen LogP contribution < -0.4 is 5.73 Å². The van der Waals surface area contributed by atoms with Crippen LogP contribution >= 0.6 is 11.5 Å². The Bertz CT molecular complexity index is 352. The smallest absolute Gasteiger partial charge is 0.0857 e.